The zero-order chi connectivity index (χ0) is 15.1. The molecular weight excluding hydrogens is 258 g/mol. The SMILES string of the molecule is CCCC(C)CC(CNC1CC1)Cc1ccc(OC)cc1. The van der Waals surface area contributed by atoms with Crippen LogP contribution in [-0.2, 0) is 6.42 Å². The van der Waals surface area contributed by atoms with Crippen LogP contribution < -0.4 is 10.1 Å². The smallest absolute Gasteiger partial charge is 0.118 e. The fourth-order valence-electron chi connectivity index (χ4n) is 3.13. The first kappa shape index (κ1) is 16.4. The van der Waals surface area contributed by atoms with Gasteiger partial charge in [-0.2, -0.15) is 0 Å². The second-order valence-corrected chi connectivity index (χ2v) is 6.73. The zero-order valence-electron chi connectivity index (χ0n) is 13.9. The van der Waals surface area contributed by atoms with Gasteiger partial charge in [-0.25, -0.2) is 0 Å². The maximum Gasteiger partial charge on any atom is 0.118 e. The van der Waals surface area contributed by atoms with Crippen LogP contribution in [0.5, 0.6) is 5.75 Å². The van der Waals surface area contributed by atoms with Crippen molar-refractivity contribution in [1.29, 1.82) is 0 Å². The largest absolute Gasteiger partial charge is 0.497 e. The number of hydrogen-bond acceptors (Lipinski definition) is 2. The Kier molecular flexibility index (Phi) is 6.56. The van der Waals surface area contributed by atoms with Crippen LogP contribution in [0.3, 0.4) is 0 Å². The summed E-state index contributed by atoms with van der Waals surface area (Å²) in [4.78, 5) is 0. The lowest BCUT2D eigenvalue weighted by molar-refractivity contribution is 0.353. The Morgan fingerprint density at radius 2 is 1.95 bits per heavy atom. The molecule has 0 spiro atoms. The number of benzene rings is 1. The van der Waals surface area contributed by atoms with E-state index in [1.807, 2.05) is 0 Å². The first-order chi connectivity index (χ1) is 10.2. The maximum atomic E-state index is 5.25. The standard InChI is InChI=1S/C19H31NO/c1-4-5-15(2)12-17(14-20-18-8-9-18)13-16-6-10-19(21-3)11-7-16/h6-7,10-11,15,17-18,20H,4-5,8-9,12-14H2,1-3H3. The summed E-state index contributed by atoms with van der Waals surface area (Å²) in [6, 6.07) is 9.40. The van der Waals surface area contributed by atoms with Crippen molar-refractivity contribution in [3.05, 3.63) is 29.8 Å². The molecule has 1 aromatic rings. The predicted molar refractivity (Wildman–Crippen MR) is 89.9 cm³/mol. The van der Waals surface area contributed by atoms with Gasteiger partial charge in [0.25, 0.3) is 0 Å². The molecule has 1 aromatic carbocycles. The molecule has 2 unspecified atom stereocenters. The Morgan fingerprint density at radius 3 is 2.52 bits per heavy atom. The third-order valence-electron chi connectivity index (χ3n) is 4.47. The molecule has 1 aliphatic carbocycles. The highest BCUT2D eigenvalue weighted by Gasteiger charge is 2.22. The minimum atomic E-state index is 0.751. The van der Waals surface area contributed by atoms with E-state index in [9.17, 15) is 0 Å². The third kappa shape index (κ3) is 6.09. The molecule has 1 fully saturated rings. The monoisotopic (exact) mass is 289 g/mol. The summed E-state index contributed by atoms with van der Waals surface area (Å²) in [6.07, 6.45) is 7.91. The van der Waals surface area contributed by atoms with Gasteiger partial charge in [-0.3, -0.25) is 0 Å². The van der Waals surface area contributed by atoms with E-state index in [1.54, 1.807) is 7.11 Å². The first-order valence-electron chi connectivity index (χ1n) is 8.57. The highest BCUT2D eigenvalue weighted by atomic mass is 16.5. The van der Waals surface area contributed by atoms with Crippen molar-refractivity contribution in [2.75, 3.05) is 13.7 Å². The number of nitrogens with one attached hydrogen (secondary N) is 1. The molecule has 0 aromatic heterocycles. The van der Waals surface area contributed by atoms with E-state index in [0.717, 1.165) is 23.6 Å². The highest BCUT2D eigenvalue weighted by molar-refractivity contribution is 5.27. The minimum Gasteiger partial charge on any atom is -0.497 e. The van der Waals surface area contributed by atoms with Crippen LogP contribution in [0.25, 0.3) is 0 Å². The Hall–Kier alpha value is -1.02. The molecule has 2 rings (SSSR count). The lowest BCUT2D eigenvalue weighted by Gasteiger charge is -2.21. The molecule has 2 nitrogen and oxygen atoms in total. The fraction of sp³-hybridized carbons (Fsp3) is 0.684. The normalized spacial score (nSPS) is 17.5. The van der Waals surface area contributed by atoms with E-state index >= 15 is 0 Å². The van der Waals surface area contributed by atoms with E-state index in [-0.39, 0.29) is 0 Å². The third-order valence-corrected chi connectivity index (χ3v) is 4.47. The molecular formula is C19H31NO. The summed E-state index contributed by atoms with van der Waals surface area (Å²) in [7, 11) is 1.73. The summed E-state index contributed by atoms with van der Waals surface area (Å²) >= 11 is 0. The molecule has 1 N–H and O–H groups in total. The number of methoxy groups -OCH3 is 1. The molecule has 0 bridgehead atoms. The second-order valence-electron chi connectivity index (χ2n) is 6.73. The Balaban J connectivity index is 1.88. The van der Waals surface area contributed by atoms with Gasteiger partial charge in [0.05, 0.1) is 7.11 Å². The fourth-order valence-corrected chi connectivity index (χ4v) is 3.13. The molecule has 2 atom stereocenters. The van der Waals surface area contributed by atoms with Crippen molar-refractivity contribution in [3.8, 4) is 5.75 Å². The van der Waals surface area contributed by atoms with Gasteiger partial charge in [-0.15, -0.1) is 0 Å². The summed E-state index contributed by atoms with van der Waals surface area (Å²) in [5.41, 5.74) is 1.43. The first-order valence-corrected chi connectivity index (χ1v) is 8.57. The molecule has 1 saturated carbocycles. The van der Waals surface area contributed by atoms with Gasteiger partial charge < -0.3 is 10.1 Å². The maximum absolute atomic E-state index is 5.25. The Morgan fingerprint density at radius 1 is 1.24 bits per heavy atom. The average molecular weight is 289 g/mol. The van der Waals surface area contributed by atoms with Crippen LogP contribution >= 0.6 is 0 Å². The molecule has 21 heavy (non-hydrogen) atoms. The topological polar surface area (TPSA) is 21.3 Å². The molecule has 118 valence electrons. The van der Waals surface area contributed by atoms with Gasteiger partial charge in [0.15, 0.2) is 0 Å². The van der Waals surface area contributed by atoms with Gasteiger partial charge in [0.1, 0.15) is 5.75 Å². The molecule has 0 saturated heterocycles. The molecule has 1 aliphatic rings. The number of hydrogen-bond donors (Lipinski definition) is 1. The predicted octanol–water partition coefficient (Wildman–Crippen LogP) is 4.43. The van der Waals surface area contributed by atoms with Crippen LogP contribution in [-0.4, -0.2) is 19.7 Å². The van der Waals surface area contributed by atoms with Gasteiger partial charge in [-0.05, 0) is 61.8 Å². The van der Waals surface area contributed by atoms with Crippen molar-refractivity contribution in [3.63, 3.8) is 0 Å². The van der Waals surface area contributed by atoms with Gasteiger partial charge in [0, 0.05) is 6.04 Å². The molecule has 0 aliphatic heterocycles. The quantitative estimate of drug-likeness (QED) is 0.688. The van der Waals surface area contributed by atoms with E-state index in [2.05, 4.69) is 43.4 Å². The Labute approximate surface area is 130 Å². The minimum absolute atomic E-state index is 0.751. The summed E-state index contributed by atoms with van der Waals surface area (Å²) in [5, 5.41) is 3.72. The molecule has 0 heterocycles. The lowest BCUT2D eigenvalue weighted by atomic mass is 9.88. The summed E-state index contributed by atoms with van der Waals surface area (Å²) in [6.45, 7) is 5.86. The van der Waals surface area contributed by atoms with Crippen molar-refractivity contribution >= 4 is 0 Å². The van der Waals surface area contributed by atoms with Gasteiger partial charge in [0.2, 0.25) is 0 Å². The van der Waals surface area contributed by atoms with E-state index in [4.69, 9.17) is 4.74 Å². The van der Waals surface area contributed by atoms with Crippen LogP contribution in [0.1, 0.15) is 51.5 Å². The molecule has 0 amide bonds. The Bertz CT molecular complexity index is 397. The second kappa shape index (κ2) is 8.43. The zero-order valence-corrected chi connectivity index (χ0v) is 13.9. The number of rotatable bonds is 10. The van der Waals surface area contributed by atoms with Crippen molar-refractivity contribution in [1.82, 2.24) is 5.32 Å². The average Bonchev–Trinajstić information content (AvgIpc) is 3.30. The summed E-state index contributed by atoms with van der Waals surface area (Å²) < 4.78 is 5.25. The van der Waals surface area contributed by atoms with Crippen LogP contribution in [0, 0.1) is 11.8 Å². The lowest BCUT2D eigenvalue weighted by Crippen LogP contribution is -2.27. The van der Waals surface area contributed by atoms with E-state index in [0.29, 0.717) is 0 Å². The van der Waals surface area contributed by atoms with Gasteiger partial charge in [-0.1, -0.05) is 38.8 Å². The highest BCUT2D eigenvalue weighted by Crippen LogP contribution is 2.24. The van der Waals surface area contributed by atoms with Crippen LogP contribution in [0.2, 0.25) is 0 Å². The molecule has 2 heteroatoms. The van der Waals surface area contributed by atoms with Crippen molar-refractivity contribution in [2.24, 2.45) is 11.8 Å². The van der Waals surface area contributed by atoms with Crippen molar-refractivity contribution < 1.29 is 4.74 Å². The van der Waals surface area contributed by atoms with Crippen LogP contribution in [0.15, 0.2) is 24.3 Å². The van der Waals surface area contributed by atoms with Crippen molar-refractivity contribution in [2.45, 2.75) is 58.4 Å². The van der Waals surface area contributed by atoms with Crippen LogP contribution in [0.4, 0.5) is 0 Å². The molecule has 0 radical (unpaired) electrons. The van der Waals surface area contributed by atoms with Gasteiger partial charge >= 0.3 is 0 Å². The van der Waals surface area contributed by atoms with E-state index in [1.165, 1.54) is 50.6 Å². The van der Waals surface area contributed by atoms with E-state index < -0.39 is 0 Å². The number of ether oxygens (including phenoxy) is 1. The summed E-state index contributed by atoms with van der Waals surface area (Å²) in [5.74, 6) is 2.53.